The van der Waals surface area contributed by atoms with Gasteiger partial charge in [0, 0.05) is 26.2 Å². The smallest absolute Gasteiger partial charge is 0.222 e. The van der Waals surface area contributed by atoms with Gasteiger partial charge >= 0.3 is 0 Å². The lowest BCUT2D eigenvalue weighted by atomic mass is 10.0. The third-order valence-electron chi connectivity index (χ3n) is 6.02. The van der Waals surface area contributed by atoms with E-state index in [0.29, 0.717) is 12.3 Å². The lowest BCUT2D eigenvalue weighted by Gasteiger charge is -2.25. The molecule has 0 saturated heterocycles. The van der Waals surface area contributed by atoms with Gasteiger partial charge in [-0.2, -0.15) is 0 Å². The van der Waals surface area contributed by atoms with Gasteiger partial charge in [-0.1, -0.05) is 52.4 Å². The number of aryl methyl sites for hydroxylation is 2. The molecule has 0 N–H and O–H groups in total. The lowest BCUT2D eigenvalue weighted by molar-refractivity contribution is -0.135. The summed E-state index contributed by atoms with van der Waals surface area (Å²) in [4.78, 5) is 33.9. The summed E-state index contributed by atoms with van der Waals surface area (Å²) in [5, 5.41) is 0. The van der Waals surface area contributed by atoms with Crippen molar-refractivity contribution in [1.29, 1.82) is 0 Å². The summed E-state index contributed by atoms with van der Waals surface area (Å²) >= 11 is 0. The predicted molar refractivity (Wildman–Crippen MR) is 126 cm³/mol. The van der Waals surface area contributed by atoms with E-state index in [1.165, 1.54) is 44.0 Å². The van der Waals surface area contributed by atoms with Crippen LogP contribution in [0.15, 0.2) is 18.5 Å². The average Bonchev–Trinajstić information content (AvgIpc) is 3.07. The number of amides is 1. The first-order valence-electron chi connectivity index (χ1n) is 11.9. The molecule has 31 heavy (non-hydrogen) atoms. The molecule has 0 aliphatic heterocycles. The van der Waals surface area contributed by atoms with Crippen molar-refractivity contribution in [1.82, 2.24) is 19.4 Å². The average molecular weight is 429 g/mol. The number of rotatable bonds is 15. The van der Waals surface area contributed by atoms with Crippen molar-refractivity contribution in [3.8, 4) is 0 Å². The van der Waals surface area contributed by atoms with Crippen molar-refractivity contribution in [2.24, 2.45) is 5.92 Å². The first kappa shape index (κ1) is 25.0. The summed E-state index contributed by atoms with van der Waals surface area (Å²) in [6.07, 6.45) is 15.2. The fourth-order valence-corrected chi connectivity index (χ4v) is 4.14. The fourth-order valence-electron chi connectivity index (χ4n) is 4.14. The van der Waals surface area contributed by atoms with Gasteiger partial charge < -0.3 is 14.3 Å². The lowest BCUT2D eigenvalue weighted by Crippen LogP contribution is -2.38. The molecule has 2 heterocycles. The molecule has 172 valence electrons. The van der Waals surface area contributed by atoms with Crippen molar-refractivity contribution in [3.63, 3.8) is 0 Å². The summed E-state index contributed by atoms with van der Waals surface area (Å²) in [5.74, 6) is 1.56. The third-order valence-corrected chi connectivity index (χ3v) is 6.02. The number of imidazole rings is 1. The highest BCUT2D eigenvalue weighted by Crippen LogP contribution is 2.17. The molecule has 2 aromatic heterocycles. The second-order valence-electron chi connectivity index (χ2n) is 9.09. The molecule has 6 nitrogen and oxygen atoms in total. The minimum atomic E-state index is -0.284. The van der Waals surface area contributed by atoms with Crippen LogP contribution in [0, 0.1) is 12.8 Å². The van der Waals surface area contributed by atoms with Crippen molar-refractivity contribution in [3.05, 3.63) is 24.3 Å². The van der Waals surface area contributed by atoms with Crippen LogP contribution in [0.3, 0.4) is 0 Å². The standard InChI is InChI=1S/C25H40N4O2/c1-20(2)17-22(19-30)28(4)25(31)13-11-9-7-5-6-8-10-12-16-29-21(3)27-23-18-26-15-14-24(23)29/h14-15,18-20,22H,5-13,16-17H2,1-4H3/t22-/m0/s1. The highest BCUT2D eigenvalue weighted by molar-refractivity contribution is 5.79. The zero-order valence-corrected chi connectivity index (χ0v) is 19.8. The Morgan fingerprint density at radius 2 is 1.74 bits per heavy atom. The predicted octanol–water partition coefficient (Wildman–Crippen LogP) is 5.32. The van der Waals surface area contributed by atoms with Gasteiger partial charge in [0.05, 0.1) is 17.8 Å². The Labute approximate surface area is 187 Å². The molecule has 2 aromatic rings. The maximum Gasteiger partial charge on any atom is 0.222 e. The Morgan fingerprint density at radius 3 is 2.39 bits per heavy atom. The number of hydrogen-bond donors (Lipinski definition) is 0. The van der Waals surface area contributed by atoms with E-state index in [9.17, 15) is 9.59 Å². The number of hydrogen-bond acceptors (Lipinski definition) is 4. The molecular formula is C25H40N4O2. The summed E-state index contributed by atoms with van der Waals surface area (Å²) < 4.78 is 2.29. The van der Waals surface area contributed by atoms with Crippen LogP contribution in [-0.2, 0) is 16.1 Å². The van der Waals surface area contributed by atoms with Crippen LogP contribution in [0.25, 0.3) is 11.0 Å². The van der Waals surface area contributed by atoms with E-state index in [1.807, 2.05) is 18.5 Å². The molecule has 1 atom stereocenters. The Kier molecular flexibility index (Phi) is 10.7. The highest BCUT2D eigenvalue weighted by atomic mass is 16.2. The number of aldehydes is 1. The minimum absolute atomic E-state index is 0.0934. The third kappa shape index (κ3) is 8.08. The zero-order valence-electron chi connectivity index (χ0n) is 19.8. The van der Waals surface area contributed by atoms with Gasteiger partial charge in [0.25, 0.3) is 0 Å². The number of nitrogens with zero attached hydrogens (tertiary/aromatic N) is 4. The molecular weight excluding hydrogens is 388 g/mol. The molecule has 1 amide bonds. The summed E-state index contributed by atoms with van der Waals surface area (Å²) in [6.45, 7) is 7.23. The highest BCUT2D eigenvalue weighted by Gasteiger charge is 2.19. The van der Waals surface area contributed by atoms with E-state index in [0.717, 1.165) is 43.4 Å². The summed E-state index contributed by atoms with van der Waals surface area (Å²) in [6, 6.07) is 1.76. The number of carbonyl (C=O) groups excluding carboxylic acids is 2. The van der Waals surface area contributed by atoms with Gasteiger partial charge in [0.15, 0.2) is 0 Å². The molecule has 6 heteroatoms. The molecule has 0 unspecified atom stereocenters. The molecule has 0 spiro atoms. The van der Waals surface area contributed by atoms with Crippen LogP contribution in [0.5, 0.6) is 0 Å². The van der Waals surface area contributed by atoms with Crippen molar-refractivity contribution < 1.29 is 9.59 Å². The van der Waals surface area contributed by atoms with Gasteiger partial charge in [-0.3, -0.25) is 9.78 Å². The fraction of sp³-hybridized carbons (Fsp3) is 0.680. The molecule has 0 bridgehead atoms. The van der Waals surface area contributed by atoms with E-state index < -0.39 is 0 Å². The van der Waals surface area contributed by atoms with Gasteiger partial charge in [-0.25, -0.2) is 4.98 Å². The van der Waals surface area contributed by atoms with Crippen LogP contribution in [0.4, 0.5) is 0 Å². The van der Waals surface area contributed by atoms with Crippen LogP contribution in [0.1, 0.15) is 83.9 Å². The van der Waals surface area contributed by atoms with Crippen LogP contribution < -0.4 is 0 Å². The number of pyridine rings is 1. The van der Waals surface area contributed by atoms with Gasteiger partial charge in [0.2, 0.25) is 5.91 Å². The van der Waals surface area contributed by atoms with E-state index >= 15 is 0 Å². The topological polar surface area (TPSA) is 68.1 Å². The van der Waals surface area contributed by atoms with E-state index in [1.54, 1.807) is 11.9 Å². The van der Waals surface area contributed by atoms with Gasteiger partial charge in [0.1, 0.15) is 17.6 Å². The van der Waals surface area contributed by atoms with Crippen LogP contribution in [0.2, 0.25) is 0 Å². The van der Waals surface area contributed by atoms with E-state index in [-0.39, 0.29) is 11.9 Å². The maximum atomic E-state index is 12.3. The normalized spacial score (nSPS) is 12.4. The SMILES string of the molecule is Cc1nc2cnccc2n1CCCCCCCCCCC(=O)N(C)[C@H](C=O)CC(C)C. The summed E-state index contributed by atoms with van der Waals surface area (Å²) in [5.41, 5.74) is 2.16. The minimum Gasteiger partial charge on any atom is -0.336 e. The number of carbonyl (C=O) groups is 2. The second kappa shape index (κ2) is 13.2. The van der Waals surface area contributed by atoms with Crippen LogP contribution >= 0.6 is 0 Å². The van der Waals surface area contributed by atoms with Crippen LogP contribution in [-0.4, -0.2) is 44.7 Å². The number of fused-ring (bicyclic) bond motifs is 1. The molecule has 0 fully saturated rings. The largest absolute Gasteiger partial charge is 0.336 e. The summed E-state index contributed by atoms with van der Waals surface area (Å²) in [7, 11) is 1.76. The quantitative estimate of drug-likeness (QED) is 0.284. The molecule has 0 aromatic carbocycles. The first-order valence-corrected chi connectivity index (χ1v) is 11.9. The monoisotopic (exact) mass is 428 g/mol. The first-order chi connectivity index (χ1) is 14.9. The van der Waals surface area contributed by atoms with E-state index in [4.69, 9.17) is 0 Å². The number of unbranched alkanes of at least 4 members (excludes halogenated alkanes) is 7. The molecule has 0 aliphatic rings. The Hall–Kier alpha value is -2.24. The zero-order chi connectivity index (χ0) is 22.6. The Balaban J connectivity index is 1.51. The number of aromatic nitrogens is 3. The van der Waals surface area contributed by atoms with Gasteiger partial charge in [-0.05, 0) is 38.2 Å². The van der Waals surface area contributed by atoms with Crippen molar-refractivity contribution >= 4 is 23.2 Å². The Morgan fingerprint density at radius 1 is 1.10 bits per heavy atom. The Bertz CT molecular complexity index is 815. The molecule has 0 radical (unpaired) electrons. The van der Waals surface area contributed by atoms with Gasteiger partial charge in [-0.15, -0.1) is 0 Å². The van der Waals surface area contributed by atoms with Crippen molar-refractivity contribution in [2.75, 3.05) is 7.05 Å². The van der Waals surface area contributed by atoms with E-state index in [2.05, 4.69) is 35.3 Å². The molecule has 2 rings (SSSR count). The van der Waals surface area contributed by atoms with Crippen molar-refractivity contribution in [2.45, 2.75) is 97.6 Å². The maximum absolute atomic E-state index is 12.3. The second-order valence-corrected chi connectivity index (χ2v) is 9.09. The number of likely N-dealkylation sites (N-methyl/N-ethyl adjacent to an activating group) is 1. The molecule has 0 saturated carbocycles. The molecule has 0 aliphatic carbocycles.